The van der Waals surface area contributed by atoms with E-state index in [1.165, 1.54) is 18.5 Å². The first-order chi connectivity index (χ1) is 8.70. The zero-order chi connectivity index (χ0) is 13.0. The molecular formula is C12H16N2O4. The number of carbonyl (C=O) groups excluding carboxylic acids is 1. The van der Waals surface area contributed by atoms with Gasteiger partial charge in [-0.05, 0) is 13.0 Å². The maximum absolute atomic E-state index is 11.9. The highest BCUT2D eigenvalue weighted by Crippen LogP contribution is 2.12. The van der Waals surface area contributed by atoms with Gasteiger partial charge in [-0.1, -0.05) is 0 Å². The van der Waals surface area contributed by atoms with Gasteiger partial charge >= 0.3 is 0 Å². The summed E-state index contributed by atoms with van der Waals surface area (Å²) in [6, 6.07) is 1.20. The fraction of sp³-hybridized carbons (Fsp3) is 0.500. The Morgan fingerprint density at radius 1 is 1.61 bits per heavy atom. The summed E-state index contributed by atoms with van der Waals surface area (Å²) in [7, 11) is 0. The van der Waals surface area contributed by atoms with Crippen LogP contribution in [0.1, 0.15) is 17.3 Å². The van der Waals surface area contributed by atoms with Gasteiger partial charge in [0.15, 0.2) is 0 Å². The zero-order valence-electron chi connectivity index (χ0n) is 10.1. The van der Waals surface area contributed by atoms with Gasteiger partial charge in [-0.3, -0.25) is 9.78 Å². The van der Waals surface area contributed by atoms with Gasteiger partial charge in [0.25, 0.3) is 5.91 Å². The molecule has 1 aliphatic heterocycles. The van der Waals surface area contributed by atoms with Crippen LogP contribution < -0.4 is 5.32 Å². The van der Waals surface area contributed by atoms with Crippen LogP contribution >= 0.6 is 0 Å². The number of rotatable bonds is 4. The van der Waals surface area contributed by atoms with E-state index in [0.717, 1.165) is 0 Å². The number of aromatic hydroxyl groups is 1. The lowest BCUT2D eigenvalue weighted by atomic mass is 10.2. The molecule has 1 fully saturated rings. The Bertz CT molecular complexity index is 424. The molecule has 6 nitrogen and oxygen atoms in total. The molecule has 1 aliphatic rings. The predicted molar refractivity (Wildman–Crippen MR) is 63.4 cm³/mol. The minimum atomic E-state index is -0.293. The average Bonchev–Trinajstić information content (AvgIpc) is 2.77. The summed E-state index contributed by atoms with van der Waals surface area (Å²) in [6.07, 6.45) is 2.56. The number of ether oxygens (including phenoxy) is 2. The van der Waals surface area contributed by atoms with Gasteiger partial charge in [-0.15, -0.1) is 0 Å². The van der Waals surface area contributed by atoms with Gasteiger partial charge in [0.2, 0.25) is 0 Å². The molecule has 1 aromatic heterocycles. The molecule has 1 amide bonds. The van der Waals surface area contributed by atoms with E-state index < -0.39 is 0 Å². The molecule has 98 valence electrons. The third-order valence-corrected chi connectivity index (χ3v) is 2.71. The number of carbonyl (C=O) groups is 1. The van der Waals surface area contributed by atoms with Crippen molar-refractivity contribution in [2.75, 3.05) is 19.8 Å². The van der Waals surface area contributed by atoms with Gasteiger partial charge < -0.3 is 19.9 Å². The zero-order valence-corrected chi connectivity index (χ0v) is 10.1. The van der Waals surface area contributed by atoms with Crippen LogP contribution in [-0.2, 0) is 9.47 Å². The van der Waals surface area contributed by atoms with E-state index in [-0.39, 0.29) is 23.8 Å². The fourth-order valence-electron chi connectivity index (χ4n) is 1.85. The van der Waals surface area contributed by atoms with Crippen LogP contribution in [0.4, 0.5) is 0 Å². The Hall–Kier alpha value is -1.66. The summed E-state index contributed by atoms with van der Waals surface area (Å²) in [4.78, 5) is 15.7. The SMILES string of the molecule is CCO[C@H]1COC[C@@H]1NC(=O)c1cncc(O)c1. The van der Waals surface area contributed by atoms with Crippen LogP contribution in [0.2, 0.25) is 0 Å². The highest BCUT2D eigenvalue weighted by Gasteiger charge is 2.30. The molecule has 2 heterocycles. The maximum atomic E-state index is 11.9. The first-order valence-electron chi connectivity index (χ1n) is 5.85. The summed E-state index contributed by atoms with van der Waals surface area (Å²) < 4.78 is 10.7. The smallest absolute Gasteiger partial charge is 0.253 e. The standard InChI is InChI=1S/C12H16N2O4/c1-2-18-11-7-17-6-10(11)14-12(16)8-3-9(15)5-13-4-8/h3-5,10-11,15H,2,6-7H2,1H3,(H,14,16)/t10-,11-/m0/s1. The quantitative estimate of drug-likeness (QED) is 0.806. The van der Waals surface area contributed by atoms with Crippen LogP contribution in [-0.4, -0.2) is 48.0 Å². The number of hydrogen-bond donors (Lipinski definition) is 2. The Morgan fingerprint density at radius 3 is 3.17 bits per heavy atom. The van der Waals surface area contributed by atoms with Crippen LogP contribution in [0, 0.1) is 0 Å². The van der Waals surface area contributed by atoms with Crippen molar-refractivity contribution in [1.29, 1.82) is 0 Å². The van der Waals surface area contributed by atoms with Gasteiger partial charge in [-0.2, -0.15) is 0 Å². The fourth-order valence-corrected chi connectivity index (χ4v) is 1.85. The molecule has 0 aliphatic carbocycles. The Labute approximate surface area is 105 Å². The van der Waals surface area contributed by atoms with Crippen molar-refractivity contribution in [2.45, 2.75) is 19.1 Å². The van der Waals surface area contributed by atoms with Gasteiger partial charge in [0.1, 0.15) is 11.9 Å². The number of nitrogens with zero attached hydrogens (tertiary/aromatic N) is 1. The third-order valence-electron chi connectivity index (χ3n) is 2.71. The van der Waals surface area contributed by atoms with Crippen molar-refractivity contribution in [2.24, 2.45) is 0 Å². The highest BCUT2D eigenvalue weighted by molar-refractivity contribution is 5.94. The molecule has 6 heteroatoms. The monoisotopic (exact) mass is 252 g/mol. The summed E-state index contributed by atoms with van der Waals surface area (Å²) in [5, 5.41) is 12.1. The number of pyridine rings is 1. The second kappa shape index (κ2) is 5.79. The molecular weight excluding hydrogens is 236 g/mol. The first-order valence-corrected chi connectivity index (χ1v) is 5.85. The minimum absolute atomic E-state index is 0.0355. The number of aromatic nitrogens is 1. The van der Waals surface area contributed by atoms with Crippen molar-refractivity contribution in [3.8, 4) is 5.75 Å². The van der Waals surface area contributed by atoms with Crippen molar-refractivity contribution in [3.05, 3.63) is 24.0 Å². The molecule has 18 heavy (non-hydrogen) atoms. The number of hydrogen-bond acceptors (Lipinski definition) is 5. The summed E-state index contributed by atoms with van der Waals surface area (Å²) >= 11 is 0. The van der Waals surface area contributed by atoms with Crippen LogP contribution in [0.5, 0.6) is 5.75 Å². The lowest BCUT2D eigenvalue weighted by molar-refractivity contribution is 0.0402. The normalized spacial score (nSPS) is 22.9. The number of amides is 1. The molecule has 0 aromatic carbocycles. The topological polar surface area (TPSA) is 80.7 Å². The Morgan fingerprint density at radius 2 is 2.44 bits per heavy atom. The third kappa shape index (κ3) is 2.96. The molecule has 1 saturated heterocycles. The highest BCUT2D eigenvalue weighted by atomic mass is 16.5. The lowest BCUT2D eigenvalue weighted by Crippen LogP contribution is -2.43. The van der Waals surface area contributed by atoms with E-state index in [0.29, 0.717) is 25.4 Å². The van der Waals surface area contributed by atoms with Gasteiger partial charge in [-0.25, -0.2) is 0 Å². The van der Waals surface area contributed by atoms with Crippen LogP contribution in [0.3, 0.4) is 0 Å². The van der Waals surface area contributed by atoms with Gasteiger partial charge in [0.05, 0.1) is 31.0 Å². The van der Waals surface area contributed by atoms with E-state index in [2.05, 4.69) is 10.3 Å². The van der Waals surface area contributed by atoms with Crippen LogP contribution in [0.25, 0.3) is 0 Å². The van der Waals surface area contributed by atoms with E-state index in [1.54, 1.807) is 0 Å². The van der Waals surface area contributed by atoms with Crippen molar-refractivity contribution in [1.82, 2.24) is 10.3 Å². The second-order valence-electron chi connectivity index (χ2n) is 4.04. The van der Waals surface area contributed by atoms with Crippen molar-refractivity contribution < 1.29 is 19.4 Å². The van der Waals surface area contributed by atoms with Crippen molar-refractivity contribution >= 4 is 5.91 Å². The molecule has 2 rings (SSSR count). The van der Waals surface area contributed by atoms with E-state index in [4.69, 9.17) is 9.47 Å². The largest absolute Gasteiger partial charge is 0.506 e. The average molecular weight is 252 g/mol. The Kier molecular flexibility index (Phi) is 4.11. The molecule has 0 bridgehead atoms. The second-order valence-corrected chi connectivity index (χ2v) is 4.04. The maximum Gasteiger partial charge on any atom is 0.253 e. The molecule has 1 aromatic rings. The van der Waals surface area contributed by atoms with E-state index >= 15 is 0 Å². The van der Waals surface area contributed by atoms with E-state index in [9.17, 15) is 9.90 Å². The summed E-state index contributed by atoms with van der Waals surface area (Å²) in [5.41, 5.74) is 0.317. The van der Waals surface area contributed by atoms with E-state index in [1.807, 2.05) is 6.92 Å². The van der Waals surface area contributed by atoms with Gasteiger partial charge in [0, 0.05) is 12.8 Å². The summed E-state index contributed by atoms with van der Waals surface area (Å²) in [6.45, 7) is 3.39. The molecule has 0 radical (unpaired) electrons. The summed E-state index contributed by atoms with van der Waals surface area (Å²) in [5.74, 6) is -0.328. The Balaban J connectivity index is 1.98. The van der Waals surface area contributed by atoms with Crippen LogP contribution in [0.15, 0.2) is 18.5 Å². The predicted octanol–water partition coefficient (Wildman–Crippen LogP) is 0.321. The molecule has 0 saturated carbocycles. The molecule has 0 unspecified atom stereocenters. The first kappa shape index (κ1) is 12.8. The minimum Gasteiger partial charge on any atom is -0.506 e. The van der Waals surface area contributed by atoms with Crippen molar-refractivity contribution in [3.63, 3.8) is 0 Å². The number of nitrogens with one attached hydrogen (secondary N) is 1. The molecule has 2 N–H and O–H groups in total. The molecule has 2 atom stereocenters. The molecule has 0 spiro atoms. The lowest BCUT2D eigenvalue weighted by Gasteiger charge is -2.18.